The third kappa shape index (κ3) is 5.31. The number of carbonyl (C=O) groups is 1. The lowest BCUT2D eigenvalue weighted by atomic mass is 9.65. The predicted molar refractivity (Wildman–Crippen MR) is 155 cm³/mol. The lowest BCUT2D eigenvalue weighted by molar-refractivity contribution is -0.146. The van der Waals surface area contributed by atoms with Gasteiger partial charge in [-0.2, -0.15) is 18.4 Å². The summed E-state index contributed by atoms with van der Waals surface area (Å²) in [6.07, 6.45) is -4.63. The molecule has 1 N–H and O–H groups in total. The first kappa shape index (κ1) is 28.4. The van der Waals surface area contributed by atoms with Gasteiger partial charge in [0.1, 0.15) is 5.75 Å². The zero-order valence-electron chi connectivity index (χ0n) is 22.6. The molecule has 42 heavy (non-hydrogen) atoms. The van der Waals surface area contributed by atoms with Gasteiger partial charge < -0.3 is 9.84 Å². The number of rotatable bonds is 8. The van der Waals surface area contributed by atoms with Gasteiger partial charge in [0.25, 0.3) is 0 Å². The molecule has 0 aliphatic heterocycles. The van der Waals surface area contributed by atoms with Crippen LogP contribution in [0.15, 0.2) is 115 Å². The van der Waals surface area contributed by atoms with Crippen molar-refractivity contribution in [3.8, 4) is 22.9 Å². The molecule has 2 atom stereocenters. The highest BCUT2D eigenvalue weighted by Crippen LogP contribution is 2.48. The molecule has 0 fully saturated rings. The van der Waals surface area contributed by atoms with Crippen LogP contribution >= 0.6 is 0 Å². The van der Waals surface area contributed by atoms with Crippen molar-refractivity contribution in [2.45, 2.75) is 18.5 Å². The number of methoxy groups -OCH3 is 1. The third-order valence-corrected chi connectivity index (χ3v) is 7.62. The first-order valence-electron chi connectivity index (χ1n) is 13.2. The van der Waals surface area contributed by atoms with E-state index in [4.69, 9.17) is 4.74 Å². The summed E-state index contributed by atoms with van der Waals surface area (Å²) in [6.45, 7) is 0. The summed E-state index contributed by atoms with van der Waals surface area (Å²) in [5.74, 6) is -1.77. The van der Waals surface area contributed by atoms with E-state index in [0.717, 1.165) is 22.9 Å². The number of nitriles is 1. The maximum absolute atomic E-state index is 13.3. The zero-order valence-corrected chi connectivity index (χ0v) is 22.6. The molecule has 0 unspecified atom stereocenters. The van der Waals surface area contributed by atoms with E-state index in [9.17, 15) is 28.3 Å². The van der Waals surface area contributed by atoms with E-state index in [1.165, 1.54) is 13.2 Å². The van der Waals surface area contributed by atoms with E-state index < -0.39 is 29.0 Å². The highest BCUT2D eigenvalue weighted by Gasteiger charge is 2.49. The Kier molecular flexibility index (Phi) is 7.73. The zero-order chi connectivity index (χ0) is 29.9. The molecule has 5 aromatic rings. The average Bonchev–Trinajstić information content (AvgIpc) is 3.01. The fourth-order valence-electron chi connectivity index (χ4n) is 5.57. The number of halogens is 3. The van der Waals surface area contributed by atoms with Crippen LogP contribution in [0.2, 0.25) is 0 Å². The summed E-state index contributed by atoms with van der Waals surface area (Å²) < 4.78 is 45.4. The number of aliphatic carboxylic acids is 1. The minimum absolute atomic E-state index is 0.159. The summed E-state index contributed by atoms with van der Waals surface area (Å²) >= 11 is 0. The molecule has 5 aromatic carbocycles. The van der Waals surface area contributed by atoms with E-state index >= 15 is 0 Å². The fraction of sp³-hybridized carbons (Fsp3) is 0.143. The summed E-state index contributed by atoms with van der Waals surface area (Å²) in [5, 5.41) is 23.2. The van der Waals surface area contributed by atoms with Crippen molar-refractivity contribution in [3.05, 3.63) is 138 Å². The Bertz CT molecular complexity index is 1790. The summed E-state index contributed by atoms with van der Waals surface area (Å²) in [7, 11) is 1.50. The van der Waals surface area contributed by atoms with Crippen LogP contribution in [0.4, 0.5) is 13.2 Å². The third-order valence-electron chi connectivity index (χ3n) is 7.62. The van der Waals surface area contributed by atoms with Crippen LogP contribution in [-0.2, 0) is 17.4 Å². The second kappa shape index (κ2) is 11.4. The van der Waals surface area contributed by atoms with E-state index in [0.29, 0.717) is 33.6 Å². The van der Waals surface area contributed by atoms with Crippen LogP contribution < -0.4 is 4.74 Å². The van der Waals surface area contributed by atoms with E-state index in [1.54, 1.807) is 54.6 Å². The largest absolute Gasteiger partial charge is 0.496 e. The van der Waals surface area contributed by atoms with Crippen molar-refractivity contribution in [2.75, 3.05) is 7.11 Å². The number of carboxylic acids is 1. The Balaban J connectivity index is 1.64. The van der Waals surface area contributed by atoms with Crippen molar-refractivity contribution < 1.29 is 27.8 Å². The van der Waals surface area contributed by atoms with Gasteiger partial charge in [0.15, 0.2) is 5.41 Å². The van der Waals surface area contributed by atoms with Gasteiger partial charge in [-0.3, -0.25) is 4.79 Å². The highest BCUT2D eigenvalue weighted by molar-refractivity contribution is 5.89. The number of carboxylic acid groups (broad SMARTS) is 1. The van der Waals surface area contributed by atoms with E-state index in [2.05, 4.69) is 6.07 Å². The summed E-state index contributed by atoms with van der Waals surface area (Å²) in [6, 6.07) is 34.1. The van der Waals surface area contributed by atoms with Crippen molar-refractivity contribution in [3.63, 3.8) is 0 Å². The van der Waals surface area contributed by atoms with Gasteiger partial charge in [-0.1, -0.05) is 97.1 Å². The lowest BCUT2D eigenvalue weighted by Crippen LogP contribution is -2.39. The number of alkyl halides is 3. The molecule has 0 aliphatic rings. The van der Waals surface area contributed by atoms with Gasteiger partial charge >= 0.3 is 12.1 Å². The maximum Gasteiger partial charge on any atom is 0.416 e. The van der Waals surface area contributed by atoms with E-state index in [-0.39, 0.29) is 6.42 Å². The molecule has 0 saturated heterocycles. The molecule has 4 nitrogen and oxygen atoms in total. The molecular formula is C35H26F3NO3. The molecule has 7 heteroatoms. The molecule has 0 saturated carbocycles. The number of nitrogens with zero attached hydrogens (tertiary/aromatic N) is 1. The second-order valence-corrected chi connectivity index (χ2v) is 10.1. The van der Waals surface area contributed by atoms with E-state index in [1.807, 2.05) is 42.5 Å². The second-order valence-electron chi connectivity index (χ2n) is 10.1. The van der Waals surface area contributed by atoms with Crippen molar-refractivity contribution in [2.24, 2.45) is 5.41 Å². The van der Waals surface area contributed by atoms with Crippen LogP contribution in [0.1, 0.15) is 28.2 Å². The van der Waals surface area contributed by atoms with Gasteiger partial charge in [-0.15, -0.1) is 0 Å². The van der Waals surface area contributed by atoms with Crippen molar-refractivity contribution >= 4 is 16.7 Å². The molecule has 0 aliphatic carbocycles. The van der Waals surface area contributed by atoms with Crippen molar-refractivity contribution in [1.29, 1.82) is 5.26 Å². The van der Waals surface area contributed by atoms with Gasteiger partial charge in [0, 0.05) is 17.9 Å². The van der Waals surface area contributed by atoms with Gasteiger partial charge in [-0.25, -0.2) is 0 Å². The molecule has 0 aromatic heterocycles. The number of para-hydroxylation sites is 1. The quantitative estimate of drug-likeness (QED) is 0.205. The molecule has 0 bridgehead atoms. The number of ether oxygens (including phenoxy) is 1. The Morgan fingerprint density at radius 1 is 0.833 bits per heavy atom. The van der Waals surface area contributed by atoms with Crippen LogP contribution in [0.25, 0.3) is 21.9 Å². The number of fused-ring (bicyclic) bond motifs is 1. The minimum atomic E-state index is -4.47. The van der Waals surface area contributed by atoms with Gasteiger partial charge in [-0.05, 0) is 51.2 Å². The Morgan fingerprint density at radius 3 is 2.17 bits per heavy atom. The first-order chi connectivity index (χ1) is 20.2. The van der Waals surface area contributed by atoms with Crippen LogP contribution in [0.5, 0.6) is 5.75 Å². The van der Waals surface area contributed by atoms with Crippen LogP contribution in [0.3, 0.4) is 0 Å². The number of hydrogen-bond donors (Lipinski definition) is 1. The Hall–Kier alpha value is -5.09. The van der Waals surface area contributed by atoms with Gasteiger partial charge in [0.2, 0.25) is 0 Å². The molecule has 0 amide bonds. The molecule has 0 radical (unpaired) electrons. The minimum Gasteiger partial charge on any atom is -0.496 e. The summed E-state index contributed by atoms with van der Waals surface area (Å²) in [4.78, 5) is 13.2. The fourth-order valence-corrected chi connectivity index (χ4v) is 5.57. The molecule has 0 heterocycles. The lowest BCUT2D eigenvalue weighted by Gasteiger charge is -2.34. The molecular weight excluding hydrogens is 539 g/mol. The SMILES string of the molecule is COc1ccccc1[C@H](c1cccc2ccccc12)[C@](C#N)(Cc1ccc(-c2cccc(C(F)(F)F)c2)cc1)C(=O)O. The van der Waals surface area contributed by atoms with Crippen molar-refractivity contribution in [1.82, 2.24) is 0 Å². The number of hydrogen-bond acceptors (Lipinski definition) is 3. The Morgan fingerprint density at radius 2 is 1.48 bits per heavy atom. The smallest absolute Gasteiger partial charge is 0.416 e. The Labute approximate surface area is 241 Å². The molecule has 210 valence electrons. The predicted octanol–water partition coefficient (Wildman–Crippen LogP) is 8.50. The standard InChI is InChI=1S/C35H26F3NO3/c1-42-31-15-5-4-13-30(31)32(29-14-7-9-25-8-2-3-12-28(25)29)34(22-39,33(40)41)21-23-16-18-24(19-17-23)26-10-6-11-27(20-26)35(36,37)38/h2-20,32H,21H2,1H3,(H,40,41)/t32-,34+/m0/s1. The average molecular weight is 566 g/mol. The molecule has 0 spiro atoms. The summed E-state index contributed by atoms with van der Waals surface area (Å²) in [5.41, 5.74) is -0.0240. The van der Waals surface area contributed by atoms with Crippen LogP contribution in [0, 0.1) is 16.7 Å². The normalized spacial score (nSPS) is 13.6. The van der Waals surface area contributed by atoms with Gasteiger partial charge in [0.05, 0.1) is 18.7 Å². The molecule has 5 rings (SSSR count). The first-order valence-corrected chi connectivity index (χ1v) is 13.2. The maximum atomic E-state index is 13.3. The highest BCUT2D eigenvalue weighted by atomic mass is 19.4. The monoisotopic (exact) mass is 565 g/mol. The number of benzene rings is 5. The van der Waals surface area contributed by atoms with Crippen LogP contribution in [-0.4, -0.2) is 18.2 Å². The topological polar surface area (TPSA) is 70.3 Å².